The van der Waals surface area contributed by atoms with Crippen LogP contribution in [0.1, 0.15) is 17.6 Å². The molecular formula is C19H20NO3PS. The molecule has 6 heteroatoms. The molecule has 0 atom stereocenters. The molecule has 0 aliphatic heterocycles. The lowest BCUT2D eigenvalue weighted by Crippen LogP contribution is -2.17. The van der Waals surface area contributed by atoms with Gasteiger partial charge in [-0.1, -0.05) is 60.7 Å². The lowest BCUT2D eigenvalue weighted by atomic mass is 10.4. The zero-order valence-electron chi connectivity index (χ0n) is 14.0. The molecule has 0 radical (unpaired) electrons. The molecule has 0 N–H and O–H groups in total. The van der Waals surface area contributed by atoms with Gasteiger partial charge in [0.25, 0.3) is 0 Å². The summed E-state index contributed by atoms with van der Waals surface area (Å²) in [5.41, 5.74) is 0.816. The normalized spacial score (nSPS) is 11.6. The Hall–Kier alpha value is -1.78. The van der Waals surface area contributed by atoms with E-state index in [0.717, 1.165) is 21.3 Å². The number of nitrogens with zero attached hydrogens (tertiary/aromatic N) is 1. The van der Waals surface area contributed by atoms with Crippen LogP contribution < -0.4 is 10.6 Å². The maximum atomic E-state index is 14.0. The van der Waals surface area contributed by atoms with E-state index >= 15 is 0 Å². The van der Waals surface area contributed by atoms with E-state index in [-0.39, 0.29) is 0 Å². The smallest absolute Gasteiger partial charge is 0.149 e. The first-order chi connectivity index (χ1) is 12.2. The van der Waals surface area contributed by atoms with E-state index < -0.39 is 7.14 Å². The lowest BCUT2D eigenvalue weighted by Gasteiger charge is -2.18. The van der Waals surface area contributed by atoms with E-state index in [1.807, 2.05) is 73.0 Å². The Kier molecular flexibility index (Phi) is 6.16. The zero-order chi connectivity index (χ0) is 17.5. The summed E-state index contributed by atoms with van der Waals surface area (Å²) in [6.45, 7) is 2.66. The van der Waals surface area contributed by atoms with Crippen LogP contribution >= 0.6 is 18.5 Å². The van der Waals surface area contributed by atoms with Crippen molar-refractivity contribution in [2.75, 3.05) is 6.61 Å². The molecule has 1 heterocycles. The van der Waals surface area contributed by atoms with Crippen LogP contribution in [-0.4, -0.2) is 11.6 Å². The predicted octanol–water partition coefficient (Wildman–Crippen LogP) is 4.13. The molecule has 1 aromatic heterocycles. The van der Waals surface area contributed by atoms with E-state index in [0.29, 0.717) is 19.4 Å². The fourth-order valence-electron chi connectivity index (χ4n) is 2.56. The molecule has 0 bridgehead atoms. The first-order valence-corrected chi connectivity index (χ1v) is 10.9. The average molecular weight is 373 g/mol. The van der Waals surface area contributed by atoms with E-state index in [4.69, 9.17) is 9.78 Å². The third-order valence-electron chi connectivity index (χ3n) is 3.71. The summed E-state index contributed by atoms with van der Waals surface area (Å²) < 4.78 is 14.0. The van der Waals surface area contributed by atoms with Crippen LogP contribution in [0.25, 0.3) is 0 Å². The second-order valence-electron chi connectivity index (χ2n) is 5.47. The highest BCUT2D eigenvalue weighted by Gasteiger charge is 2.28. The van der Waals surface area contributed by atoms with E-state index in [9.17, 15) is 4.57 Å². The van der Waals surface area contributed by atoms with E-state index in [2.05, 4.69) is 4.98 Å². The van der Waals surface area contributed by atoms with Gasteiger partial charge < -0.3 is 4.57 Å². The van der Waals surface area contributed by atoms with Crippen LogP contribution in [0, 0.1) is 0 Å². The van der Waals surface area contributed by atoms with Crippen molar-refractivity contribution in [1.29, 1.82) is 0 Å². The number of rotatable bonds is 8. The van der Waals surface area contributed by atoms with Crippen molar-refractivity contribution < 1.29 is 14.3 Å². The van der Waals surface area contributed by atoms with Crippen LogP contribution in [0.2, 0.25) is 0 Å². The van der Waals surface area contributed by atoms with Crippen molar-refractivity contribution in [2.24, 2.45) is 0 Å². The van der Waals surface area contributed by atoms with Crippen LogP contribution in [0.4, 0.5) is 0 Å². The summed E-state index contributed by atoms with van der Waals surface area (Å²) in [4.78, 5) is 14.5. The quantitative estimate of drug-likeness (QED) is 0.258. The lowest BCUT2D eigenvalue weighted by molar-refractivity contribution is -0.300. The number of thiazole rings is 1. The predicted molar refractivity (Wildman–Crippen MR) is 102 cm³/mol. The maximum Gasteiger partial charge on any atom is 0.149 e. The molecule has 0 saturated carbocycles. The molecule has 0 unspecified atom stereocenters. The Bertz CT molecular complexity index is 793. The van der Waals surface area contributed by atoms with Gasteiger partial charge >= 0.3 is 0 Å². The van der Waals surface area contributed by atoms with Gasteiger partial charge in [0.2, 0.25) is 0 Å². The van der Waals surface area contributed by atoms with E-state index in [1.54, 1.807) is 0 Å². The van der Waals surface area contributed by atoms with Gasteiger partial charge in [0, 0.05) is 16.0 Å². The highest BCUT2D eigenvalue weighted by Crippen LogP contribution is 2.46. The molecule has 0 aliphatic rings. The van der Waals surface area contributed by atoms with Gasteiger partial charge in [-0.25, -0.2) is 14.8 Å². The minimum atomic E-state index is -2.79. The van der Waals surface area contributed by atoms with Crippen molar-refractivity contribution in [3.8, 4) is 0 Å². The van der Waals surface area contributed by atoms with Crippen LogP contribution in [0.3, 0.4) is 0 Å². The second kappa shape index (κ2) is 8.54. The fraction of sp³-hybridized carbons (Fsp3) is 0.211. The molecule has 0 amide bonds. The Balaban J connectivity index is 1.88. The molecule has 130 valence electrons. The highest BCUT2D eigenvalue weighted by molar-refractivity contribution is 7.78. The van der Waals surface area contributed by atoms with Crippen molar-refractivity contribution in [1.82, 2.24) is 4.98 Å². The van der Waals surface area contributed by atoms with Crippen LogP contribution in [0.5, 0.6) is 0 Å². The highest BCUT2D eigenvalue weighted by atomic mass is 32.1. The summed E-state index contributed by atoms with van der Waals surface area (Å²) >= 11 is 1.49. The first-order valence-electron chi connectivity index (χ1n) is 8.10. The molecule has 0 aliphatic carbocycles. The summed E-state index contributed by atoms with van der Waals surface area (Å²) in [6, 6.07) is 19.3. The van der Waals surface area contributed by atoms with Crippen molar-refractivity contribution in [2.45, 2.75) is 19.7 Å². The number of aromatic nitrogens is 1. The minimum Gasteiger partial charge on any atom is -0.313 e. The van der Waals surface area contributed by atoms with Gasteiger partial charge in [-0.2, -0.15) is 0 Å². The summed E-state index contributed by atoms with van der Waals surface area (Å²) in [5.74, 6) is 0. The molecule has 2 aromatic carbocycles. The second-order valence-corrected chi connectivity index (χ2v) is 9.24. The molecule has 25 heavy (non-hydrogen) atoms. The Morgan fingerprint density at radius 3 is 2.12 bits per heavy atom. The molecule has 3 rings (SSSR count). The van der Waals surface area contributed by atoms with Gasteiger partial charge in [0.05, 0.1) is 18.5 Å². The monoisotopic (exact) mass is 373 g/mol. The molecule has 0 fully saturated rings. The number of hydrogen-bond donors (Lipinski definition) is 0. The van der Waals surface area contributed by atoms with Gasteiger partial charge in [-0.15, -0.1) is 11.3 Å². The summed E-state index contributed by atoms with van der Waals surface area (Å²) in [6.07, 6.45) is 0.395. The van der Waals surface area contributed by atoms with Gasteiger partial charge in [0.15, 0.2) is 0 Å². The Morgan fingerprint density at radius 2 is 1.56 bits per heavy atom. The van der Waals surface area contributed by atoms with Crippen LogP contribution in [0.15, 0.2) is 66.0 Å². The molecule has 0 spiro atoms. The Labute approximate surface area is 151 Å². The summed E-state index contributed by atoms with van der Waals surface area (Å²) in [7, 11) is -2.79. The average Bonchev–Trinajstić information content (AvgIpc) is 3.10. The number of benzene rings is 2. The van der Waals surface area contributed by atoms with E-state index in [1.165, 1.54) is 11.3 Å². The number of hydrogen-bond acceptors (Lipinski definition) is 5. The first kappa shape index (κ1) is 18.0. The zero-order valence-corrected chi connectivity index (χ0v) is 15.7. The standard InChI is InChI=1S/C19H20NO3PS/c1-2-22-23-13-19-20-16(15-25-19)14-24(21,17-9-5-3-6-10-17)18-11-7-4-8-12-18/h3-12,15H,2,13-14H2,1H3. The van der Waals surface area contributed by atoms with Gasteiger partial charge in [-0.3, -0.25) is 0 Å². The SMILES string of the molecule is CCOOCc1nc(CP(=O)(c2ccccc2)c2ccccc2)cs1. The molecule has 3 aromatic rings. The van der Waals surface area contributed by atoms with Crippen molar-refractivity contribution in [3.05, 3.63) is 76.7 Å². The van der Waals surface area contributed by atoms with Gasteiger partial charge in [-0.05, 0) is 6.92 Å². The van der Waals surface area contributed by atoms with Crippen molar-refractivity contribution in [3.63, 3.8) is 0 Å². The topological polar surface area (TPSA) is 48.4 Å². The largest absolute Gasteiger partial charge is 0.313 e. The molecule has 0 saturated heterocycles. The third-order valence-corrected chi connectivity index (χ3v) is 7.62. The maximum absolute atomic E-state index is 14.0. The molecule has 4 nitrogen and oxygen atoms in total. The van der Waals surface area contributed by atoms with Crippen LogP contribution in [-0.2, 0) is 27.1 Å². The van der Waals surface area contributed by atoms with Crippen molar-refractivity contribution >= 4 is 29.1 Å². The molecular weight excluding hydrogens is 353 g/mol. The third kappa shape index (κ3) is 4.44. The fourth-order valence-corrected chi connectivity index (χ4v) is 5.97. The Morgan fingerprint density at radius 1 is 0.960 bits per heavy atom. The summed E-state index contributed by atoms with van der Waals surface area (Å²) in [5, 5.41) is 4.46. The minimum absolute atomic E-state index is 0.305. The van der Waals surface area contributed by atoms with Gasteiger partial charge in [0.1, 0.15) is 18.8 Å².